The van der Waals surface area contributed by atoms with E-state index in [4.69, 9.17) is 8.83 Å². The first kappa shape index (κ1) is 19.1. The number of amides is 1. The Morgan fingerprint density at radius 1 is 1.22 bits per heavy atom. The third-order valence-electron chi connectivity index (χ3n) is 3.72. The van der Waals surface area contributed by atoms with Crippen LogP contribution in [-0.4, -0.2) is 21.2 Å². The number of aromatic nitrogens is 2. The van der Waals surface area contributed by atoms with E-state index in [9.17, 15) is 14.0 Å². The smallest absolute Gasteiger partial charge is 0.437 e. The molecule has 0 atom stereocenters. The van der Waals surface area contributed by atoms with E-state index in [1.165, 1.54) is 12.1 Å². The average Bonchev–Trinajstić information content (AvgIpc) is 3.15. The predicted octanol–water partition coefficient (Wildman–Crippen LogP) is 3.14. The molecule has 0 bridgehead atoms. The molecule has 9 heteroatoms. The van der Waals surface area contributed by atoms with Crippen LogP contribution in [-0.2, 0) is 17.8 Å². The van der Waals surface area contributed by atoms with Crippen LogP contribution in [0.3, 0.4) is 0 Å². The van der Waals surface area contributed by atoms with Gasteiger partial charge < -0.3 is 14.2 Å². The molecule has 0 aliphatic carbocycles. The molecule has 0 saturated heterocycles. The van der Waals surface area contributed by atoms with E-state index in [2.05, 4.69) is 26.3 Å². The Morgan fingerprint density at radius 2 is 1.93 bits per heavy atom. The molecular weight excluding hydrogens is 421 g/mol. The summed E-state index contributed by atoms with van der Waals surface area (Å²) in [6.07, 6.45) is 0.498. The van der Waals surface area contributed by atoms with Crippen molar-refractivity contribution < 1.29 is 18.0 Å². The van der Waals surface area contributed by atoms with Crippen LogP contribution in [0.2, 0.25) is 0 Å². The predicted molar refractivity (Wildman–Crippen MR) is 98.5 cm³/mol. The molecule has 0 aliphatic rings. The first-order chi connectivity index (χ1) is 12.7. The van der Waals surface area contributed by atoms with E-state index < -0.39 is 17.2 Å². The second-order valence-electron chi connectivity index (χ2n) is 6.67. The lowest BCUT2D eigenvalue weighted by molar-refractivity contribution is -0.123. The molecule has 2 aromatic heterocycles. The fourth-order valence-corrected chi connectivity index (χ4v) is 2.95. The number of carbonyl (C=O) groups is 1. The van der Waals surface area contributed by atoms with E-state index in [0.29, 0.717) is 11.1 Å². The lowest BCUT2D eigenvalue weighted by Gasteiger charge is -2.26. The zero-order valence-electron chi connectivity index (χ0n) is 14.7. The third kappa shape index (κ3) is 4.94. The van der Waals surface area contributed by atoms with E-state index >= 15 is 0 Å². The SMILES string of the molecule is CC(C)(Cc1ccc(F)cc1)NC(=O)Cn1nc(-c2ccc(Br)o2)oc1=O. The van der Waals surface area contributed by atoms with Crippen LogP contribution in [0.1, 0.15) is 19.4 Å². The summed E-state index contributed by atoms with van der Waals surface area (Å²) in [4.78, 5) is 24.2. The molecular formula is C18H17BrFN3O4. The first-order valence-corrected chi connectivity index (χ1v) is 8.90. The molecule has 0 saturated carbocycles. The third-order valence-corrected chi connectivity index (χ3v) is 4.15. The van der Waals surface area contributed by atoms with Crippen molar-refractivity contribution in [1.29, 1.82) is 0 Å². The van der Waals surface area contributed by atoms with Crippen LogP contribution in [0.4, 0.5) is 4.39 Å². The Labute approximate surface area is 162 Å². The second kappa shape index (κ2) is 7.51. The Morgan fingerprint density at radius 3 is 2.56 bits per heavy atom. The van der Waals surface area contributed by atoms with Gasteiger partial charge in [-0.2, -0.15) is 4.68 Å². The minimum Gasteiger partial charge on any atom is -0.444 e. The largest absolute Gasteiger partial charge is 0.444 e. The molecule has 3 aromatic rings. The van der Waals surface area contributed by atoms with Crippen molar-refractivity contribution in [3.05, 3.63) is 63.0 Å². The maximum atomic E-state index is 13.0. The van der Waals surface area contributed by atoms with Crippen LogP contribution in [0, 0.1) is 5.82 Å². The van der Waals surface area contributed by atoms with Gasteiger partial charge in [-0.1, -0.05) is 12.1 Å². The number of nitrogens with zero attached hydrogens (tertiary/aromatic N) is 2. The van der Waals surface area contributed by atoms with Gasteiger partial charge in [-0.25, -0.2) is 9.18 Å². The summed E-state index contributed by atoms with van der Waals surface area (Å²) in [6, 6.07) is 9.30. The summed E-state index contributed by atoms with van der Waals surface area (Å²) in [6.45, 7) is 3.38. The molecule has 7 nitrogen and oxygen atoms in total. The van der Waals surface area contributed by atoms with Gasteiger partial charge in [-0.3, -0.25) is 4.79 Å². The van der Waals surface area contributed by atoms with Crippen molar-refractivity contribution in [3.63, 3.8) is 0 Å². The average molecular weight is 438 g/mol. The highest BCUT2D eigenvalue weighted by atomic mass is 79.9. The lowest BCUT2D eigenvalue weighted by atomic mass is 9.95. The number of hydrogen-bond donors (Lipinski definition) is 1. The monoisotopic (exact) mass is 437 g/mol. The van der Waals surface area contributed by atoms with Gasteiger partial charge in [0.2, 0.25) is 5.91 Å². The zero-order valence-corrected chi connectivity index (χ0v) is 16.2. The molecule has 3 rings (SSSR count). The minimum absolute atomic E-state index is 0.0101. The van der Waals surface area contributed by atoms with Crippen molar-refractivity contribution in [2.75, 3.05) is 0 Å². The minimum atomic E-state index is -0.760. The summed E-state index contributed by atoms with van der Waals surface area (Å²) in [5, 5.41) is 6.82. The highest BCUT2D eigenvalue weighted by Gasteiger charge is 2.23. The Hall–Kier alpha value is -2.68. The number of benzene rings is 1. The van der Waals surface area contributed by atoms with Gasteiger partial charge in [0.15, 0.2) is 10.4 Å². The van der Waals surface area contributed by atoms with Crippen LogP contribution in [0.5, 0.6) is 0 Å². The Balaban J connectivity index is 1.65. The number of rotatable bonds is 6. The molecule has 142 valence electrons. The van der Waals surface area contributed by atoms with Gasteiger partial charge in [0.25, 0.3) is 5.89 Å². The number of halogens is 2. The van der Waals surface area contributed by atoms with E-state index in [1.54, 1.807) is 24.3 Å². The fraction of sp³-hybridized carbons (Fsp3) is 0.278. The van der Waals surface area contributed by atoms with Gasteiger partial charge in [0.05, 0.1) is 0 Å². The van der Waals surface area contributed by atoms with Crippen molar-refractivity contribution in [2.45, 2.75) is 32.4 Å². The highest BCUT2D eigenvalue weighted by Crippen LogP contribution is 2.22. The van der Waals surface area contributed by atoms with Crippen LogP contribution in [0.25, 0.3) is 11.7 Å². The first-order valence-electron chi connectivity index (χ1n) is 8.11. The van der Waals surface area contributed by atoms with Crippen molar-refractivity contribution in [3.8, 4) is 11.7 Å². The van der Waals surface area contributed by atoms with Crippen molar-refractivity contribution >= 4 is 21.8 Å². The second-order valence-corrected chi connectivity index (χ2v) is 7.45. The van der Waals surface area contributed by atoms with Gasteiger partial charge in [-0.05, 0) is 66.0 Å². The topological polar surface area (TPSA) is 90.3 Å². The van der Waals surface area contributed by atoms with Gasteiger partial charge in [0, 0.05) is 5.54 Å². The standard InChI is InChI=1S/C18H17BrFN3O4/c1-18(2,9-11-3-5-12(20)6-4-11)21-15(24)10-23-17(25)27-16(22-23)13-7-8-14(19)26-13/h3-8H,9-10H2,1-2H3,(H,21,24). The maximum Gasteiger partial charge on any atom is 0.437 e. The molecule has 27 heavy (non-hydrogen) atoms. The molecule has 1 N–H and O–H groups in total. The molecule has 0 radical (unpaired) electrons. The molecule has 0 unspecified atom stereocenters. The summed E-state index contributed by atoms with van der Waals surface area (Å²) in [5.41, 5.74) is 0.280. The quantitative estimate of drug-likeness (QED) is 0.639. The molecule has 2 heterocycles. The summed E-state index contributed by atoms with van der Waals surface area (Å²) >= 11 is 3.15. The van der Waals surface area contributed by atoms with E-state index in [0.717, 1.165) is 10.2 Å². The highest BCUT2D eigenvalue weighted by molar-refractivity contribution is 9.10. The number of furan rings is 1. The number of carbonyl (C=O) groups excluding carboxylic acids is 1. The van der Waals surface area contributed by atoms with Crippen molar-refractivity contribution in [2.24, 2.45) is 0 Å². The Kier molecular flexibility index (Phi) is 5.31. The lowest BCUT2D eigenvalue weighted by Crippen LogP contribution is -2.47. The van der Waals surface area contributed by atoms with Gasteiger partial charge >= 0.3 is 5.76 Å². The Bertz CT molecular complexity index is 1000. The normalized spacial score (nSPS) is 11.6. The molecule has 1 aromatic carbocycles. The van der Waals surface area contributed by atoms with Crippen molar-refractivity contribution in [1.82, 2.24) is 15.1 Å². The van der Waals surface area contributed by atoms with Gasteiger partial charge in [-0.15, -0.1) is 5.10 Å². The molecule has 0 fully saturated rings. The summed E-state index contributed by atoms with van der Waals surface area (Å²) in [5.74, 6) is -1.21. The molecule has 0 spiro atoms. The zero-order chi connectivity index (χ0) is 19.6. The van der Waals surface area contributed by atoms with E-state index in [-0.39, 0.29) is 24.0 Å². The number of hydrogen-bond acceptors (Lipinski definition) is 5. The van der Waals surface area contributed by atoms with Crippen LogP contribution < -0.4 is 11.1 Å². The van der Waals surface area contributed by atoms with Gasteiger partial charge in [0.1, 0.15) is 12.4 Å². The maximum absolute atomic E-state index is 13.0. The summed E-state index contributed by atoms with van der Waals surface area (Å²) < 4.78 is 24.7. The molecule has 0 aliphatic heterocycles. The molecule has 1 amide bonds. The van der Waals surface area contributed by atoms with E-state index in [1.807, 2.05) is 13.8 Å². The number of nitrogens with one attached hydrogen (secondary N) is 1. The summed E-state index contributed by atoms with van der Waals surface area (Å²) in [7, 11) is 0. The van der Waals surface area contributed by atoms with Crippen LogP contribution in [0.15, 0.2) is 54.7 Å². The van der Waals surface area contributed by atoms with Crippen LogP contribution >= 0.6 is 15.9 Å². The fourth-order valence-electron chi connectivity index (χ4n) is 2.64.